The quantitative estimate of drug-likeness (QED) is 0.347. The van der Waals surface area contributed by atoms with Crippen molar-refractivity contribution in [2.24, 2.45) is 0 Å². The van der Waals surface area contributed by atoms with Crippen molar-refractivity contribution in [1.29, 1.82) is 0 Å². The largest absolute Gasteiger partial charge is 0.383 e. The number of nitrogens with two attached hydrogens (primary N) is 1. The summed E-state index contributed by atoms with van der Waals surface area (Å²) >= 11 is 6.49. The summed E-state index contributed by atoms with van der Waals surface area (Å²) in [6, 6.07) is 9.55. The SMILES string of the molecule is CC(C)n1cc(C(=O)c2cccc(NC(=O)Nc3cccc(F)c3)c2Cl)c2c(N)ncnc21. The van der Waals surface area contributed by atoms with Gasteiger partial charge in [-0.1, -0.05) is 23.7 Å². The number of fused-ring (bicyclic) bond motifs is 1. The van der Waals surface area contributed by atoms with Gasteiger partial charge in [-0.15, -0.1) is 0 Å². The Morgan fingerprint density at radius 1 is 1.09 bits per heavy atom. The van der Waals surface area contributed by atoms with Crippen molar-refractivity contribution >= 4 is 51.6 Å². The second-order valence-electron chi connectivity index (χ2n) is 7.59. The van der Waals surface area contributed by atoms with Crippen molar-refractivity contribution in [3.05, 3.63) is 77.0 Å². The number of aromatic nitrogens is 3. The molecule has 33 heavy (non-hydrogen) atoms. The minimum Gasteiger partial charge on any atom is -0.383 e. The van der Waals surface area contributed by atoms with Gasteiger partial charge in [-0.3, -0.25) is 4.79 Å². The van der Waals surface area contributed by atoms with Crippen LogP contribution in [-0.2, 0) is 0 Å². The zero-order valence-corrected chi connectivity index (χ0v) is 18.5. The van der Waals surface area contributed by atoms with Crippen molar-refractivity contribution in [3.63, 3.8) is 0 Å². The number of nitrogen functional groups attached to an aromatic ring is 1. The van der Waals surface area contributed by atoms with E-state index < -0.39 is 11.8 Å². The molecule has 8 nitrogen and oxygen atoms in total. The van der Waals surface area contributed by atoms with Crippen LogP contribution in [0.5, 0.6) is 0 Å². The molecule has 4 N–H and O–H groups in total. The van der Waals surface area contributed by atoms with E-state index in [0.29, 0.717) is 16.6 Å². The van der Waals surface area contributed by atoms with Gasteiger partial charge in [-0.2, -0.15) is 0 Å². The van der Waals surface area contributed by atoms with Crippen LogP contribution in [0.3, 0.4) is 0 Å². The molecule has 0 bridgehead atoms. The maximum Gasteiger partial charge on any atom is 0.323 e. The summed E-state index contributed by atoms with van der Waals surface area (Å²) in [6.07, 6.45) is 3.02. The molecule has 4 rings (SSSR count). The van der Waals surface area contributed by atoms with Crippen LogP contribution in [0.15, 0.2) is 55.0 Å². The van der Waals surface area contributed by atoms with Crippen LogP contribution in [0.1, 0.15) is 35.8 Å². The van der Waals surface area contributed by atoms with Gasteiger partial charge in [0.15, 0.2) is 5.78 Å². The number of nitrogens with one attached hydrogen (secondary N) is 2. The molecule has 0 unspecified atom stereocenters. The molecule has 168 valence electrons. The first-order chi connectivity index (χ1) is 15.8. The highest BCUT2D eigenvalue weighted by Gasteiger charge is 2.24. The predicted molar refractivity (Wildman–Crippen MR) is 126 cm³/mol. The molecule has 0 atom stereocenters. The smallest absolute Gasteiger partial charge is 0.323 e. The summed E-state index contributed by atoms with van der Waals surface area (Å²) < 4.78 is 15.2. The standard InChI is InChI=1S/C23H20ClFN6O2/c1-12(2)31-10-16(18-21(26)27-11-28-22(18)31)20(32)15-7-4-8-17(19(15)24)30-23(33)29-14-6-3-5-13(25)9-14/h3-12H,1-2H3,(H2,26,27,28)(H2,29,30,33). The van der Waals surface area contributed by atoms with Crippen LogP contribution in [0.4, 0.5) is 26.4 Å². The molecule has 4 aromatic rings. The highest BCUT2D eigenvalue weighted by atomic mass is 35.5. The third-order valence-electron chi connectivity index (χ3n) is 5.01. The van der Waals surface area contributed by atoms with Crippen LogP contribution < -0.4 is 16.4 Å². The zero-order valence-electron chi connectivity index (χ0n) is 17.8. The lowest BCUT2D eigenvalue weighted by molar-refractivity contribution is 0.104. The Balaban J connectivity index is 1.67. The second-order valence-corrected chi connectivity index (χ2v) is 7.96. The van der Waals surface area contributed by atoms with E-state index in [2.05, 4.69) is 20.6 Å². The van der Waals surface area contributed by atoms with Crippen LogP contribution >= 0.6 is 11.6 Å². The van der Waals surface area contributed by atoms with E-state index in [4.69, 9.17) is 17.3 Å². The summed E-state index contributed by atoms with van der Waals surface area (Å²) in [5.41, 5.74) is 7.57. The number of ketones is 1. The lowest BCUT2D eigenvalue weighted by Crippen LogP contribution is -2.20. The van der Waals surface area contributed by atoms with Crippen molar-refractivity contribution in [3.8, 4) is 0 Å². The molecule has 10 heteroatoms. The molecule has 2 amide bonds. The molecular weight excluding hydrogens is 447 g/mol. The topological polar surface area (TPSA) is 115 Å². The van der Waals surface area contributed by atoms with Gasteiger partial charge in [-0.25, -0.2) is 19.2 Å². The maximum absolute atomic E-state index is 13.5. The van der Waals surface area contributed by atoms with E-state index in [-0.39, 0.29) is 39.6 Å². The van der Waals surface area contributed by atoms with Crippen LogP contribution in [0.2, 0.25) is 5.02 Å². The van der Waals surface area contributed by atoms with E-state index in [1.54, 1.807) is 30.5 Å². The fourth-order valence-corrected chi connectivity index (χ4v) is 3.73. The first-order valence-electron chi connectivity index (χ1n) is 10.0. The number of hydrogen-bond acceptors (Lipinski definition) is 5. The highest BCUT2D eigenvalue weighted by molar-refractivity contribution is 6.38. The number of anilines is 3. The van der Waals surface area contributed by atoms with E-state index in [9.17, 15) is 14.0 Å². The molecule has 2 aromatic carbocycles. The van der Waals surface area contributed by atoms with Crippen molar-refractivity contribution in [2.75, 3.05) is 16.4 Å². The molecular formula is C23H20ClFN6O2. The lowest BCUT2D eigenvalue weighted by atomic mass is 10.0. The Bertz CT molecular complexity index is 1380. The first kappa shape index (κ1) is 22.2. The van der Waals surface area contributed by atoms with Crippen LogP contribution in [0, 0.1) is 5.82 Å². The molecule has 2 aromatic heterocycles. The number of amides is 2. The van der Waals surface area contributed by atoms with Gasteiger partial charge >= 0.3 is 6.03 Å². The minimum absolute atomic E-state index is 0.0262. The predicted octanol–water partition coefficient (Wildman–Crippen LogP) is 5.26. The normalized spacial score (nSPS) is 11.1. The van der Waals surface area contributed by atoms with E-state index in [0.717, 1.165) is 0 Å². The third-order valence-corrected chi connectivity index (χ3v) is 5.42. The molecule has 0 aliphatic heterocycles. The summed E-state index contributed by atoms with van der Waals surface area (Å²) in [6.45, 7) is 3.92. The Kier molecular flexibility index (Phi) is 5.97. The maximum atomic E-state index is 13.5. The molecule has 0 aliphatic rings. The monoisotopic (exact) mass is 466 g/mol. The average molecular weight is 467 g/mol. The molecule has 2 heterocycles. The Morgan fingerprint density at radius 2 is 1.85 bits per heavy atom. The van der Waals surface area contributed by atoms with Crippen LogP contribution in [-0.4, -0.2) is 26.3 Å². The molecule has 0 saturated carbocycles. The number of carbonyl (C=O) groups excluding carboxylic acids is 2. The van der Waals surface area contributed by atoms with Gasteiger partial charge in [-0.05, 0) is 44.2 Å². The lowest BCUT2D eigenvalue weighted by Gasteiger charge is -2.11. The van der Waals surface area contributed by atoms with Gasteiger partial charge in [0.05, 0.1) is 21.7 Å². The Hall–Kier alpha value is -3.98. The highest BCUT2D eigenvalue weighted by Crippen LogP contribution is 2.32. The number of urea groups is 1. The zero-order chi connectivity index (χ0) is 23.7. The number of carbonyl (C=O) groups is 2. The molecule has 0 saturated heterocycles. The average Bonchev–Trinajstić information content (AvgIpc) is 3.16. The number of rotatable bonds is 5. The molecule has 0 spiro atoms. The van der Waals surface area contributed by atoms with Gasteiger partial charge < -0.3 is 20.9 Å². The molecule has 0 radical (unpaired) electrons. The number of hydrogen-bond donors (Lipinski definition) is 3. The van der Waals surface area contributed by atoms with E-state index in [1.807, 2.05) is 18.4 Å². The fraction of sp³-hybridized carbons (Fsp3) is 0.130. The third kappa shape index (κ3) is 4.35. The summed E-state index contributed by atoms with van der Waals surface area (Å²) in [4.78, 5) is 34.1. The molecule has 0 aliphatic carbocycles. The Labute approximate surface area is 193 Å². The Morgan fingerprint density at radius 3 is 2.58 bits per heavy atom. The van der Waals surface area contributed by atoms with Gasteiger partial charge in [0.25, 0.3) is 0 Å². The fourth-order valence-electron chi connectivity index (χ4n) is 3.47. The van der Waals surface area contributed by atoms with Crippen LogP contribution in [0.25, 0.3) is 11.0 Å². The van der Waals surface area contributed by atoms with Crippen molar-refractivity contribution in [2.45, 2.75) is 19.9 Å². The van der Waals surface area contributed by atoms with Gasteiger partial charge in [0, 0.05) is 23.5 Å². The van der Waals surface area contributed by atoms with Crippen molar-refractivity contribution in [1.82, 2.24) is 14.5 Å². The number of halogens is 2. The minimum atomic E-state index is -0.638. The van der Waals surface area contributed by atoms with Gasteiger partial charge in [0.1, 0.15) is 23.6 Å². The van der Waals surface area contributed by atoms with Crippen molar-refractivity contribution < 1.29 is 14.0 Å². The summed E-state index contributed by atoms with van der Waals surface area (Å²) in [5.74, 6) is -0.690. The summed E-state index contributed by atoms with van der Waals surface area (Å²) in [5, 5.41) is 5.59. The van der Waals surface area contributed by atoms with E-state index in [1.165, 1.54) is 24.5 Å². The summed E-state index contributed by atoms with van der Waals surface area (Å²) in [7, 11) is 0. The number of nitrogens with zero attached hydrogens (tertiary/aromatic N) is 3. The first-order valence-corrected chi connectivity index (χ1v) is 10.4. The molecule has 0 fully saturated rings. The number of benzene rings is 2. The van der Waals surface area contributed by atoms with E-state index >= 15 is 0 Å². The second kappa shape index (κ2) is 8.87. The van der Waals surface area contributed by atoms with Gasteiger partial charge in [0.2, 0.25) is 0 Å².